The van der Waals surface area contributed by atoms with Gasteiger partial charge in [0.25, 0.3) is 0 Å². The van der Waals surface area contributed by atoms with Gasteiger partial charge in [-0.1, -0.05) is 148 Å². The first-order valence-electron chi connectivity index (χ1n) is 20.7. The fourth-order valence-electron chi connectivity index (χ4n) is 6.27. The van der Waals surface area contributed by atoms with Crippen LogP contribution in [0.1, 0.15) is 181 Å². The van der Waals surface area contributed by atoms with E-state index in [-0.39, 0.29) is 26.1 Å². The monoisotopic (exact) mass is 743 g/mol. The maximum absolute atomic E-state index is 12.7. The van der Waals surface area contributed by atoms with E-state index in [0.717, 1.165) is 57.8 Å². The quantitative estimate of drug-likeness (QED) is 0.0286. The summed E-state index contributed by atoms with van der Waals surface area (Å²) in [7, 11) is 0. The number of esters is 2. The first kappa shape index (κ1) is 48.0. The minimum absolute atomic E-state index is 0.186. The number of aliphatic hydroxyl groups is 3. The lowest BCUT2D eigenvalue weighted by Crippen LogP contribution is -2.60. The molecule has 1 aliphatic rings. The largest absolute Gasteiger partial charge is 0.479 e. The summed E-state index contributed by atoms with van der Waals surface area (Å²) >= 11 is 0. The first-order chi connectivity index (χ1) is 25.2. The van der Waals surface area contributed by atoms with Crippen molar-refractivity contribution in [1.29, 1.82) is 0 Å². The SMILES string of the molecule is CCCC/C=C\CCCCCCCC(=O)OCC(COC1OC(C(=O)O)C(O)C(O)C1O)OC(=O)CCCCCCCCCCCCCCCCC. The number of unbranched alkanes of at least 4 members (excludes halogenated alkanes) is 21. The van der Waals surface area contributed by atoms with Gasteiger partial charge >= 0.3 is 17.9 Å². The van der Waals surface area contributed by atoms with Gasteiger partial charge in [0.1, 0.15) is 24.9 Å². The third-order valence-corrected chi connectivity index (χ3v) is 9.61. The highest BCUT2D eigenvalue weighted by Crippen LogP contribution is 2.23. The molecule has 1 aliphatic heterocycles. The molecule has 1 rings (SSSR count). The normalized spacial score (nSPS) is 21.0. The van der Waals surface area contributed by atoms with Crippen molar-refractivity contribution in [2.75, 3.05) is 13.2 Å². The fraction of sp³-hybridized carbons (Fsp3) is 0.878. The average molecular weight is 743 g/mol. The van der Waals surface area contributed by atoms with Crippen LogP contribution in [-0.2, 0) is 33.3 Å². The van der Waals surface area contributed by atoms with Crippen LogP contribution in [0, 0.1) is 0 Å². The van der Waals surface area contributed by atoms with Crippen molar-refractivity contribution in [2.24, 2.45) is 0 Å². The van der Waals surface area contributed by atoms with Crippen LogP contribution in [0.15, 0.2) is 12.2 Å². The van der Waals surface area contributed by atoms with E-state index >= 15 is 0 Å². The zero-order valence-electron chi connectivity index (χ0n) is 32.6. The van der Waals surface area contributed by atoms with Crippen LogP contribution in [0.25, 0.3) is 0 Å². The molecule has 0 saturated carbocycles. The number of ether oxygens (including phenoxy) is 4. The number of carboxylic acids is 1. The van der Waals surface area contributed by atoms with E-state index in [4.69, 9.17) is 18.9 Å². The van der Waals surface area contributed by atoms with Crippen LogP contribution in [0.5, 0.6) is 0 Å². The van der Waals surface area contributed by atoms with Crippen molar-refractivity contribution in [1.82, 2.24) is 0 Å². The number of carbonyl (C=O) groups excluding carboxylic acids is 2. The molecule has 0 aromatic rings. The molecular weight excluding hydrogens is 668 g/mol. The maximum Gasteiger partial charge on any atom is 0.335 e. The predicted octanol–water partition coefficient (Wildman–Crippen LogP) is 8.09. The van der Waals surface area contributed by atoms with Gasteiger partial charge in [0.2, 0.25) is 0 Å². The summed E-state index contributed by atoms with van der Waals surface area (Å²) in [6.45, 7) is 3.76. The van der Waals surface area contributed by atoms with E-state index in [1.807, 2.05) is 0 Å². The highest BCUT2D eigenvalue weighted by Gasteiger charge is 2.47. The van der Waals surface area contributed by atoms with Crippen molar-refractivity contribution in [2.45, 2.75) is 218 Å². The number of hydrogen-bond acceptors (Lipinski definition) is 10. The molecule has 0 amide bonds. The Kier molecular flexibility index (Phi) is 29.9. The Hall–Kier alpha value is -2.05. The lowest BCUT2D eigenvalue weighted by Gasteiger charge is -2.38. The third kappa shape index (κ3) is 24.3. The van der Waals surface area contributed by atoms with Crippen molar-refractivity contribution in [3.63, 3.8) is 0 Å². The Labute approximate surface area is 314 Å². The standard InChI is InChI=1S/C41H74O11/c1-3-5-7-9-11-13-15-16-17-18-20-22-24-26-28-30-35(43)51-33(32-50-41-38(46)36(44)37(45)39(52-41)40(47)48)31-49-34(42)29-27-25-23-21-19-14-12-10-8-6-4-2/h10,12,33,36-39,41,44-46H,3-9,11,13-32H2,1-2H3,(H,47,48)/b12-10-. The lowest BCUT2D eigenvalue weighted by atomic mass is 9.99. The van der Waals surface area contributed by atoms with Gasteiger partial charge in [0.15, 0.2) is 18.5 Å². The summed E-state index contributed by atoms with van der Waals surface area (Å²) in [5.41, 5.74) is 0. The molecule has 11 heteroatoms. The molecule has 1 fully saturated rings. The van der Waals surface area contributed by atoms with E-state index in [2.05, 4.69) is 26.0 Å². The summed E-state index contributed by atoms with van der Waals surface area (Å²) in [4.78, 5) is 36.6. The molecule has 0 aromatic carbocycles. The molecule has 304 valence electrons. The molecule has 0 bridgehead atoms. The molecule has 0 radical (unpaired) electrons. The van der Waals surface area contributed by atoms with Crippen LogP contribution in [-0.4, -0.2) is 88.4 Å². The summed E-state index contributed by atoms with van der Waals surface area (Å²) in [6, 6.07) is 0. The van der Waals surface area contributed by atoms with Crippen LogP contribution in [0.3, 0.4) is 0 Å². The van der Waals surface area contributed by atoms with Gasteiger partial charge in [0, 0.05) is 12.8 Å². The summed E-state index contributed by atoms with van der Waals surface area (Å²) in [5, 5.41) is 39.7. The second-order valence-electron chi connectivity index (χ2n) is 14.5. The van der Waals surface area contributed by atoms with E-state index in [1.54, 1.807) is 0 Å². The van der Waals surface area contributed by atoms with Crippen molar-refractivity contribution in [3.8, 4) is 0 Å². The highest BCUT2D eigenvalue weighted by atomic mass is 16.7. The molecule has 0 spiro atoms. The molecule has 0 aliphatic carbocycles. The van der Waals surface area contributed by atoms with Crippen LogP contribution < -0.4 is 0 Å². The van der Waals surface area contributed by atoms with Gasteiger partial charge in [-0.2, -0.15) is 0 Å². The molecule has 52 heavy (non-hydrogen) atoms. The van der Waals surface area contributed by atoms with Crippen LogP contribution >= 0.6 is 0 Å². The number of hydrogen-bond donors (Lipinski definition) is 4. The van der Waals surface area contributed by atoms with E-state index < -0.39 is 54.7 Å². The van der Waals surface area contributed by atoms with E-state index in [9.17, 15) is 34.8 Å². The first-order valence-corrected chi connectivity index (χ1v) is 20.7. The second kappa shape index (κ2) is 32.4. The Bertz CT molecular complexity index is 926. The molecule has 1 heterocycles. The van der Waals surface area contributed by atoms with Gasteiger partial charge < -0.3 is 39.4 Å². The van der Waals surface area contributed by atoms with E-state index in [1.165, 1.54) is 83.5 Å². The zero-order chi connectivity index (χ0) is 38.2. The fourth-order valence-corrected chi connectivity index (χ4v) is 6.27. The topological polar surface area (TPSA) is 169 Å². The molecule has 4 N–H and O–H groups in total. The minimum Gasteiger partial charge on any atom is -0.479 e. The number of rotatable bonds is 34. The Balaban J connectivity index is 2.40. The van der Waals surface area contributed by atoms with Gasteiger partial charge in [0.05, 0.1) is 6.61 Å². The van der Waals surface area contributed by atoms with Gasteiger partial charge in [-0.05, 0) is 32.1 Å². The lowest BCUT2D eigenvalue weighted by molar-refractivity contribution is -0.298. The predicted molar refractivity (Wildman–Crippen MR) is 202 cm³/mol. The highest BCUT2D eigenvalue weighted by molar-refractivity contribution is 5.73. The molecule has 6 atom stereocenters. The number of aliphatic hydroxyl groups excluding tert-OH is 3. The Morgan fingerprint density at radius 3 is 1.56 bits per heavy atom. The zero-order valence-corrected chi connectivity index (χ0v) is 32.6. The average Bonchev–Trinajstić information content (AvgIpc) is 3.12. The van der Waals surface area contributed by atoms with Crippen molar-refractivity contribution in [3.05, 3.63) is 12.2 Å². The molecular formula is C41H74O11. The minimum atomic E-state index is -1.86. The van der Waals surface area contributed by atoms with Gasteiger partial charge in [-0.15, -0.1) is 0 Å². The summed E-state index contributed by atoms with van der Waals surface area (Å²) < 4.78 is 21.7. The summed E-state index contributed by atoms with van der Waals surface area (Å²) in [5.74, 6) is -2.45. The third-order valence-electron chi connectivity index (χ3n) is 9.61. The Morgan fingerprint density at radius 2 is 1.04 bits per heavy atom. The van der Waals surface area contributed by atoms with Crippen molar-refractivity contribution >= 4 is 17.9 Å². The number of carbonyl (C=O) groups is 3. The molecule has 6 unspecified atom stereocenters. The molecule has 1 saturated heterocycles. The van der Waals surface area contributed by atoms with Gasteiger partial charge in [-0.3, -0.25) is 9.59 Å². The number of allylic oxidation sites excluding steroid dienone is 2. The van der Waals surface area contributed by atoms with E-state index in [0.29, 0.717) is 12.8 Å². The number of aliphatic carboxylic acids is 1. The smallest absolute Gasteiger partial charge is 0.335 e. The second-order valence-corrected chi connectivity index (χ2v) is 14.5. The Morgan fingerprint density at radius 1 is 0.577 bits per heavy atom. The number of carboxylic acid groups (broad SMARTS) is 1. The molecule has 11 nitrogen and oxygen atoms in total. The summed E-state index contributed by atoms with van der Waals surface area (Å²) in [6.07, 6.45) is 22.7. The van der Waals surface area contributed by atoms with Gasteiger partial charge in [-0.25, -0.2) is 4.79 Å². The van der Waals surface area contributed by atoms with Crippen LogP contribution in [0.4, 0.5) is 0 Å². The molecule has 0 aromatic heterocycles. The maximum atomic E-state index is 12.7. The van der Waals surface area contributed by atoms with Crippen LogP contribution in [0.2, 0.25) is 0 Å². The van der Waals surface area contributed by atoms with Crippen molar-refractivity contribution < 1.29 is 53.8 Å².